The number of hydrogen-bond acceptors (Lipinski definition) is 2. The minimum atomic E-state index is 0.227. The Bertz CT molecular complexity index is 556. The van der Waals surface area contributed by atoms with Gasteiger partial charge in [-0.05, 0) is 25.7 Å². The van der Waals surface area contributed by atoms with Crippen LogP contribution in [0.4, 0.5) is 0 Å². The highest BCUT2D eigenvalue weighted by atomic mass is 16.2. The lowest BCUT2D eigenvalue weighted by atomic mass is 10.0. The van der Waals surface area contributed by atoms with E-state index in [1.54, 1.807) is 0 Å². The number of hydrogen-bond donors (Lipinski definition) is 2. The van der Waals surface area contributed by atoms with Gasteiger partial charge in [-0.2, -0.15) is 0 Å². The van der Waals surface area contributed by atoms with E-state index in [1.807, 2.05) is 0 Å². The summed E-state index contributed by atoms with van der Waals surface area (Å²) in [5, 5.41) is 6.23. The van der Waals surface area contributed by atoms with Gasteiger partial charge < -0.3 is 10.6 Å². The molecule has 46 heavy (non-hydrogen) atoms. The summed E-state index contributed by atoms with van der Waals surface area (Å²) >= 11 is 0. The number of nitrogens with one attached hydrogen (secondary N) is 2. The lowest BCUT2D eigenvalue weighted by molar-refractivity contribution is -0.122. The van der Waals surface area contributed by atoms with Crippen LogP contribution in [0.5, 0.6) is 0 Å². The maximum absolute atomic E-state index is 12.1. The minimum absolute atomic E-state index is 0.227. The van der Waals surface area contributed by atoms with Gasteiger partial charge in [0.15, 0.2) is 0 Å². The van der Waals surface area contributed by atoms with E-state index in [1.165, 1.54) is 180 Å². The number of rotatable bonds is 39. The molecule has 0 fully saturated rings. The summed E-state index contributed by atoms with van der Waals surface area (Å²) in [5.74, 6) is 0.454. The van der Waals surface area contributed by atoms with Crippen molar-refractivity contribution in [3.8, 4) is 0 Å². The second-order valence-corrected chi connectivity index (χ2v) is 14.5. The van der Waals surface area contributed by atoms with E-state index in [0.29, 0.717) is 12.8 Å². The van der Waals surface area contributed by atoms with Crippen molar-refractivity contribution in [3.05, 3.63) is 0 Å². The molecule has 2 N–H and O–H groups in total. The molecule has 0 aliphatic rings. The summed E-state index contributed by atoms with van der Waals surface area (Å²) in [5.41, 5.74) is 0. The number of carbonyl (C=O) groups excluding carboxylic acids is 2. The monoisotopic (exact) mass is 649 g/mol. The smallest absolute Gasteiger partial charge is 0.219 e. The average molecular weight is 649 g/mol. The lowest BCUT2D eigenvalue weighted by Gasteiger charge is -2.07. The highest BCUT2D eigenvalue weighted by molar-refractivity contribution is 5.76. The van der Waals surface area contributed by atoms with Crippen molar-refractivity contribution in [2.45, 2.75) is 245 Å². The first kappa shape index (κ1) is 44.9. The van der Waals surface area contributed by atoms with E-state index in [0.717, 1.165) is 51.6 Å². The minimum Gasteiger partial charge on any atom is -0.356 e. The van der Waals surface area contributed by atoms with Crippen LogP contribution in [0.25, 0.3) is 0 Å². The highest BCUT2D eigenvalue weighted by Gasteiger charge is 2.03. The number of amides is 2. The Morgan fingerprint density at radius 2 is 0.478 bits per heavy atom. The molecule has 0 heterocycles. The fourth-order valence-electron chi connectivity index (χ4n) is 6.55. The van der Waals surface area contributed by atoms with Crippen molar-refractivity contribution >= 4 is 11.8 Å². The summed E-state index contributed by atoms with van der Waals surface area (Å²) in [7, 11) is 0. The van der Waals surface area contributed by atoms with Crippen LogP contribution in [0.15, 0.2) is 0 Å². The molecule has 0 aromatic carbocycles. The molecule has 0 saturated heterocycles. The Morgan fingerprint density at radius 3 is 0.717 bits per heavy atom. The fourth-order valence-corrected chi connectivity index (χ4v) is 6.55. The van der Waals surface area contributed by atoms with Crippen molar-refractivity contribution in [1.29, 1.82) is 0 Å². The van der Waals surface area contributed by atoms with E-state index in [2.05, 4.69) is 24.5 Å². The molecule has 274 valence electrons. The zero-order valence-electron chi connectivity index (χ0n) is 31.7. The molecule has 0 saturated carbocycles. The number of unbranched alkanes of at least 4 members (excludes halogenated alkanes) is 31. The Balaban J connectivity index is 3.24. The van der Waals surface area contributed by atoms with Crippen LogP contribution in [0.2, 0.25) is 0 Å². The van der Waals surface area contributed by atoms with Gasteiger partial charge in [-0.15, -0.1) is 0 Å². The van der Waals surface area contributed by atoms with Crippen molar-refractivity contribution < 1.29 is 9.59 Å². The van der Waals surface area contributed by atoms with Crippen LogP contribution in [-0.2, 0) is 9.59 Å². The molecule has 4 heteroatoms. The van der Waals surface area contributed by atoms with Crippen molar-refractivity contribution in [2.75, 3.05) is 13.1 Å². The molecule has 0 unspecified atom stereocenters. The predicted molar refractivity (Wildman–Crippen MR) is 204 cm³/mol. The SMILES string of the molecule is CCCCCCCCCCCCCCCCNC(=O)CCCCCCCCC(=O)NCCCCCCCCCCCCCCCC. The summed E-state index contributed by atoms with van der Waals surface area (Å²) in [6.07, 6.45) is 46.2. The van der Waals surface area contributed by atoms with Gasteiger partial charge in [-0.3, -0.25) is 9.59 Å². The number of carbonyl (C=O) groups is 2. The zero-order chi connectivity index (χ0) is 33.4. The van der Waals surface area contributed by atoms with Gasteiger partial charge >= 0.3 is 0 Å². The van der Waals surface area contributed by atoms with Crippen molar-refractivity contribution in [3.63, 3.8) is 0 Å². The van der Waals surface area contributed by atoms with Gasteiger partial charge in [-0.25, -0.2) is 0 Å². The Hall–Kier alpha value is -1.06. The van der Waals surface area contributed by atoms with Gasteiger partial charge in [0.25, 0.3) is 0 Å². The van der Waals surface area contributed by atoms with E-state index in [4.69, 9.17) is 0 Å². The topological polar surface area (TPSA) is 58.2 Å². The van der Waals surface area contributed by atoms with Gasteiger partial charge in [-0.1, -0.05) is 206 Å². The molecule has 0 atom stereocenters. The van der Waals surface area contributed by atoms with Gasteiger partial charge in [0.2, 0.25) is 11.8 Å². The maximum Gasteiger partial charge on any atom is 0.219 e. The molecule has 0 aliphatic carbocycles. The molecule has 0 radical (unpaired) electrons. The van der Waals surface area contributed by atoms with E-state index in [-0.39, 0.29) is 11.8 Å². The van der Waals surface area contributed by atoms with Crippen LogP contribution < -0.4 is 10.6 Å². The van der Waals surface area contributed by atoms with Crippen LogP contribution in [-0.4, -0.2) is 24.9 Å². The summed E-state index contributed by atoms with van der Waals surface area (Å²) in [6.45, 7) is 6.26. The second kappa shape index (κ2) is 40.1. The molecular formula is C42H84N2O2. The first-order valence-corrected chi connectivity index (χ1v) is 21.2. The largest absolute Gasteiger partial charge is 0.356 e. The molecular weight excluding hydrogens is 564 g/mol. The van der Waals surface area contributed by atoms with Crippen LogP contribution in [0, 0.1) is 0 Å². The van der Waals surface area contributed by atoms with Gasteiger partial charge in [0.05, 0.1) is 0 Å². The second-order valence-electron chi connectivity index (χ2n) is 14.5. The quantitative estimate of drug-likeness (QED) is 0.0652. The van der Waals surface area contributed by atoms with E-state index < -0.39 is 0 Å². The zero-order valence-corrected chi connectivity index (χ0v) is 31.7. The fraction of sp³-hybridized carbons (Fsp3) is 0.952. The Kier molecular flexibility index (Phi) is 39.2. The third-order valence-corrected chi connectivity index (χ3v) is 9.76. The third kappa shape index (κ3) is 39.1. The van der Waals surface area contributed by atoms with Gasteiger partial charge in [0.1, 0.15) is 0 Å². The molecule has 0 aromatic rings. The molecule has 0 spiro atoms. The van der Waals surface area contributed by atoms with Crippen molar-refractivity contribution in [1.82, 2.24) is 10.6 Å². The third-order valence-electron chi connectivity index (χ3n) is 9.76. The molecule has 0 rings (SSSR count). The standard InChI is InChI=1S/C42H84N2O2/c1-3-5-7-9-11-13-15-17-19-21-23-27-31-35-39-43-41(45)37-33-29-25-26-30-34-38-42(46)44-40-36-32-28-24-22-20-18-16-14-12-10-8-6-4-2/h3-40H2,1-2H3,(H,43,45)(H,44,46). The summed E-state index contributed by atoms with van der Waals surface area (Å²) in [4.78, 5) is 24.2. The van der Waals surface area contributed by atoms with Crippen LogP contribution >= 0.6 is 0 Å². The lowest BCUT2D eigenvalue weighted by Crippen LogP contribution is -2.24. The molecule has 0 aliphatic heterocycles. The van der Waals surface area contributed by atoms with Gasteiger partial charge in [0, 0.05) is 25.9 Å². The predicted octanol–water partition coefficient (Wildman–Crippen LogP) is 13.3. The normalized spacial score (nSPS) is 11.3. The van der Waals surface area contributed by atoms with Crippen LogP contribution in [0.1, 0.15) is 245 Å². The molecule has 4 nitrogen and oxygen atoms in total. The van der Waals surface area contributed by atoms with Crippen molar-refractivity contribution in [2.24, 2.45) is 0 Å². The summed E-state index contributed by atoms with van der Waals surface area (Å²) < 4.78 is 0. The van der Waals surface area contributed by atoms with Crippen LogP contribution in [0.3, 0.4) is 0 Å². The molecule has 2 amide bonds. The Morgan fingerprint density at radius 1 is 0.283 bits per heavy atom. The highest BCUT2D eigenvalue weighted by Crippen LogP contribution is 2.14. The average Bonchev–Trinajstić information content (AvgIpc) is 3.05. The molecule has 0 aromatic heterocycles. The Labute approximate surface area is 289 Å². The first-order valence-electron chi connectivity index (χ1n) is 21.2. The molecule has 0 bridgehead atoms. The first-order chi connectivity index (χ1) is 22.7. The van der Waals surface area contributed by atoms with E-state index in [9.17, 15) is 9.59 Å². The van der Waals surface area contributed by atoms with E-state index >= 15 is 0 Å². The maximum atomic E-state index is 12.1. The summed E-state index contributed by atoms with van der Waals surface area (Å²) in [6, 6.07) is 0.